The third-order valence-electron chi connectivity index (χ3n) is 3.27. The molecule has 0 aliphatic rings. The van der Waals surface area contributed by atoms with E-state index in [9.17, 15) is 13.6 Å². The van der Waals surface area contributed by atoms with Gasteiger partial charge in [0, 0.05) is 12.1 Å². The van der Waals surface area contributed by atoms with Crippen LogP contribution in [0.2, 0.25) is 0 Å². The van der Waals surface area contributed by atoms with Crippen LogP contribution in [0.4, 0.5) is 20.3 Å². The van der Waals surface area contributed by atoms with Gasteiger partial charge in [0.15, 0.2) is 0 Å². The van der Waals surface area contributed by atoms with Gasteiger partial charge in [-0.2, -0.15) is 0 Å². The van der Waals surface area contributed by atoms with Crippen molar-refractivity contribution in [2.24, 2.45) is 0 Å². The fourth-order valence-electron chi connectivity index (χ4n) is 2.15. The van der Waals surface area contributed by atoms with E-state index in [0.717, 1.165) is 12.1 Å². The molecule has 0 fully saturated rings. The SMILES string of the molecule is Cc1nc(Nc2ccc(F)cc2F)cc(C(=O)NCc2ccco2)n1. The molecule has 2 N–H and O–H groups in total. The number of furan rings is 1. The molecule has 0 saturated carbocycles. The molecule has 0 radical (unpaired) electrons. The highest BCUT2D eigenvalue weighted by atomic mass is 19.1. The molecule has 0 aliphatic heterocycles. The van der Waals surface area contributed by atoms with Gasteiger partial charge in [-0.25, -0.2) is 18.7 Å². The summed E-state index contributed by atoms with van der Waals surface area (Å²) in [6, 6.07) is 7.96. The minimum Gasteiger partial charge on any atom is -0.467 e. The number of aromatic nitrogens is 2. The summed E-state index contributed by atoms with van der Waals surface area (Å²) in [5, 5.41) is 5.38. The molecule has 1 aromatic carbocycles. The number of aryl methyl sites for hydroxylation is 1. The van der Waals surface area contributed by atoms with Gasteiger partial charge >= 0.3 is 0 Å². The van der Waals surface area contributed by atoms with Crippen LogP contribution in [-0.4, -0.2) is 15.9 Å². The Balaban J connectivity index is 1.76. The Morgan fingerprint density at radius 3 is 2.76 bits per heavy atom. The monoisotopic (exact) mass is 344 g/mol. The number of amides is 1. The number of halogens is 2. The zero-order valence-corrected chi connectivity index (χ0v) is 13.2. The van der Waals surface area contributed by atoms with E-state index >= 15 is 0 Å². The Hall–Kier alpha value is -3.29. The van der Waals surface area contributed by atoms with Gasteiger partial charge in [-0.1, -0.05) is 0 Å². The average molecular weight is 344 g/mol. The largest absolute Gasteiger partial charge is 0.467 e. The molecular weight excluding hydrogens is 330 g/mol. The van der Waals surface area contributed by atoms with Gasteiger partial charge in [-0.15, -0.1) is 0 Å². The molecule has 3 rings (SSSR count). The van der Waals surface area contributed by atoms with Crippen LogP contribution in [0.15, 0.2) is 47.1 Å². The third kappa shape index (κ3) is 4.17. The number of nitrogens with zero attached hydrogens (tertiary/aromatic N) is 2. The number of benzene rings is 1. The molecule has 0 saturated heterocycles. The topological polar surface area (TPSA) is 80.0 Å². The summed E-state index contributed by atoms with van der Waals surface area (Å²) >= 11 is 0. The first-order valence-corrected chi connectivity index (χ1v) is 7.39. The van der Waals surface area contributed by atoms with Crippen molar-refractivity contribution in [1.29, 1.82) is 0 Å². The van der Waals surface area contributed by atoms with Crippen molar-refractivity contribution in [2.45, 2.75) is 13.5 Å². The molecule has 2 heterocycles. The number of anilines is 2. The molecule has 8 heteroatoms. The minimum absolute atomic E-state index is 0.0430. The lowest BCUT2D eigenvalue weighted by atomic mass is 10.3. The molecule has 0 bridgehead atoms. The first-order chi connectivity index (χ1) is 12.0. The van der Waals surface area contributed by atoms with Gasteiger partial charge in [0.1, 0.15) is 34.7 Å². The number of hydrogen-bond donors (Lipinski definition) is 2. The van der Waals surface area contributed by atoms with E-state index in [1.807, 2.05) is 0 Å². The lowest BCUT2D eigenvalue weighted by Crippen LogP contribution is -2.24. The van der Waals surface area contributed by atoms with E-state index in [0.29, 0.717) is 11.6 Å². The summed E-state index contributed by atoms with van der Waals surface area (Å²) in [7, 11) is 0. The predicted molar refractivity (Wildman–Crippen MR) is 86.3 cm³/mol. The smallest absolute Gasteiger partial charge is 0.270 e. The van der Waals surface area contributed by atoms with Crippen LogP contribution in [0, 0.1) is 18.6 Å². The zero-order valence-electron chi connectivity index (χ0n) is 13.2. The molecule has 0 unspecified atom stereocenters. The van der Waals surface area contributed by atoms with E-state index in [1.54, 1.807) is 19.1 Å². The quantitative estimate of drug-likeness (QED) is 0.742. The van der Waals surface area contributed by atoms with Crippen LogP contribution >= 0.6 is 0 Å². The summed E-state index contributed by atoms with van der Waals surface area (Å²) in [5.74, 6) is -0.716. The molecule has 0 spiro atoms. The van der Waals surface area contributed by atoms with Crippen LogP contribution in [-0.2, 0) is 6.54 Å². The molecule has 3 aromatic rings. The molecule has 128 valence electrons. The second-order valence-electron chi connectivity index (χ2n) is 5.20. The Morgan fingerprint density at radius 2 is 2.04 bits per heavy atom. The maximum Gasteiger partial charge on any atom is 0.270 e. The average Bonchev–Trinajstić information content (AvgIpc) is 3.08. The number of rotatable bonds is 5. The first kappa shape index (κ1) is 16.6. The second kappa shape index (κ2) is 7.08. The Labute approximate surface area is 141 Å². The molecule has 0 aliphatic carbocycles. The molecule has 6 nitrogen and oxygen atoms in total. The van der Waals surface area contributed by atoms with E-state index in [1.165, 1.54) is 18.4 Å². The summed E-state index contributed by atoms with van der Waals surface area (Å²) in [5.41, 5.74) is 0.158. The van der Waals surface area contributed by atoms with Crippen LogP contribution in [0.1, 0.15) is 22.1 Å². The van der Waals surface area contributed by atoms with Crippen molar-refractivity contribution in [3.63, 3.8) is 0 Å². The highest BCUT2D eigenvalue weighted by Gasteiger charge is 2.12. The van der Waals surface area contributed by atoms with Crippen molar-refractivity contribution in [3.05, 3.63) is 71.6 Å². The first-order valence-electron chi connectivity index (χ1n) is 7.39. The maximum absolute atomic E-state index is 13.7. The fourth-order valence-corrected chi connectivity index (χ4v) is 2.15. The lowest BCUT2D eigenvalue weighted by molar-refractivity contribution is 0.0942. The molecule has 25 heavy (non-hydrogen) atoms. The van der Waals surface area contributed by atoms with Crippen molar-refractivity contribution < 1.29 is 18.0 Å². The van der Waals surface area contributed by atoms with Crippen molar-refractivity contribution >= 4 is 17.4 Å². The summed E-state index contributed by atoms with van der Waals surface area (Å²) in [6.07, 6.45) is 1.51. The summed E-state index contributed by atoms with van der Waals surface area (Å²) < 4.78 is 31.8. The second-order valence-corrected chi connectivity index (χ2v) is 5.20. The van der Waals surface area contributed by atoms with Gasteiger partial charge in [0.25, 0.3) is 5.91 Å². The highest BCUT2D eigenvalue weighted by Crippen LogP contribution is 2.20. The molecule has 0 atom stereocenters. The predicted octanol–water partition coefficient (Wildman–Crippen LogP) is 3.33. The Morgan fingerprint density at radius 1 is 1.20 bits per heavy atom. The zero-order chi connectivity index (χ0) is 17.8. The van der Waals surface area contributed by atoms with Crippen molar-refractivity contribution in [1.82, 2.24) is 15.3 Å². The van der Waals surface area contributed by atoms with Crippen molar-refractivity contribution in [2.75, 3.05) is 5.32 Å². The Bertz CT molecular complexity index is 898. The number of carbonyl (C=O) groups is 1. The number of carbonyl (C=O) groups excluding carboxylic acids is 1. The van der Waals surface area contributed by atoms with Crippen LogP contribution in [0.5, 0.6) is 0 Å². The number of nitrogens with one attached hydrogen (secondary N) is 2. The minimum atomic E-state index is -0.764. The summed E-state index contributed by atoms with van der Waals surface area (Å²) in [6.45, 7) is 1.82. The van der Waals surface area contributed by atoms with Gasteiger partial charge in [0.05, 0.1) is 18.5 Å². The molecule has 2 aromatic heterocycles. The standard InChI is InChI=1S/C17H14F2N4O2/c1-10-21-15(17(24)20-9-12-3-2-6-25-12)8-16(22-10)23-14-5-4-11(18)7-13(14)19/h2-8H,9H2,1H3,(H,20,24)(H,21,22,23). The van der Waals surface area contributed by atoms with Crippen LogP contribution < -0.4 is 10.6 Å². The number of hydrogen-bond acceptors (Lipinski definition) is 5. The van der Waals surface area contributed by atoms with Gasteiger partial charge in [-0.3, -0.25) is 4.79 Å². The van der Waals surface area contributed by atoms with Crippen LogP contribution in [0.3, 0.4) is 0 Å². The van der Waals surface area contributed by atoms with Gasteiger partial charge in [-0.05, 0) is 31.2 Å². The van der Waals surface area contributed by atoms with E-state index in [4.69, 9.17) is 4.42 Å². The lowest BCUT2D eigenvalue weighted by Gasteiger charge is -2.09. The fraction of sp³-hybridized carbons (Fsp3) is 0.118. The normalized spacial score (nSPS) is 10.5. The van der Waals surface area contributed by atoms with E-state index in [-0.39, 0.29) is 23.7 Å². The van der Waals surface area contributed by atoms with Gasteiger partial charge in [0.2, 0.25) is 0 Å². The maximum atomic E-state index is 13.7. The third-order valence-corrected chi connectivity index (χ3v) is 3.27. The summed E-state index contributed by atoms with van der Waals surface area (Å²) in [4.78, 5) is 20.4. The molecular formula is C17H14F2N4O2. The van der Waals surface area contributed by atoms with Crippen LogP contribution in [0.25, 0.3) is 0 Å². The van der Waals surface area contributed by atoms with E-state index in [2.05, 4.69) is 20.6 Å². The van der Waals surface area contributed by atoms with E-state index < -0.39 is 17.5 Å². The molecule has 1 amide bonds. The highest BCUT2D eigenvalue weighted by molar-refractivity contribution is 5.93. The Kier molecular flexibility index (Phi) is 4.69. The van der Waals surface area contributed by atoms with Gasteiger partial charge < -0.3 is 15.1 Å². The van der Waals surface area contributed by atoms with Crippen molar-refractivity contribution in [3.8, 4) is 0 Å².